The largest absolute Gasteiger partial charge is 0.357 e. The van der Waals surface area contributed by atoms with E-state index in [4.69, 9.17) is 0 Å². The molecule has 1 fully saturated rings. The quantitative estimate of drug-likeness (QED) is 0.850. The number of hydrogen-bond acceptors (Lipinski definition) is 2. The number of amides is 2. The average Bonchev–Trinajstić information content (AvgIpc) is 3.10. The number of para-hydroxylation sites is 1. The lowest BCUT2D eigenvalue weighted by atomic mass is 9.75. The first-order valence-corrected chi connectivity index (χ1v) is 7.95. The number of aromatic amines is 1. The van der Waals surface area contributed by atoms with Gasteiger partial charge in [-0.2, -0.15) is 0 Å². The van der Waals surface area contributed by atoms with Crippen LogP contribution in [0.1, 0.15) is 34.5 Å². The molecular weight excluding hydrogens is 290 g/mol. The van der Waals surface area contributed by atoms with Crippen molar-refractivity contribution in [2.45, 2.75) is 25.2 Å². The molecule has 1 aromatic carbocycles. The van der Waals surface area contributed by atoms with Crippen molar-refractivity contribution < 1.29 is 9.59 Å². The number of aromatic nitrogens is 1. The minimum Gasteiger partial charge on any atom is -0.357 e. The third-order valence-corrected chi connectivity index (χ3v) is 4.96. The summed E-state index contributed by atoms with van der Waals surface area (Å²) in [7, 11) is 0. The van der Waals surface area contributed by atoms with Crippen LogP contribution >= 0.6 is 0 Å². The van der Waals surface area contributed by atoms with Gasteiger partial charge in [0.2, 0.25) is 5.91 Å². The van der Waals surface area contributed by atoms with Crippen LogP contribution in [-0.2, 0) is 10.2 Å². The molecule has 118 valence electrons. The zero-order valence-electron chi connectivity index (χ0n) is 13.1. The van der Waals surface area contributed by atoms with Gasteiger partial charge in [-0.25, -0.2) is 0 Å². The summed E-state index contributed by atoms with van der Waals surface area (Å²) in [6, 6.07) is 9.66. The van der Waals surface area contributed by atoms with Gasteiger partial charge >= 0.3 is 0 Å². The van der Waals surface area contributed by atoms with Crippen molar-refractivity contribution in [1.82, 2.24) is 9.88 Å². The van der Waals surface area contributed by atoms with Crippen LogP contribution in [0, 0.1) is 6.92 Å². The maximum Gasteiger partial charge on any atom is 0.270 e. The van der Waals surface area contributed by atoms with Gasteiger partial charge in [0.15, 0.2) is 0 Å². The molecule has 5 nitrogen and oxygen atoms in total. The van der Waals surface area contributed by atoms with Crippen LogP contribution in [0.5, 0.6) is 0 Å². The Morgan fingerprint density at radius 3 is 2.91 bits per heavy atom. The third kappa shape index (κ3) is 2.07. The second kappa shape index (κ2) is 4.98. The van der Waals surface area contributed by atoms with Crippen LogP contribution in [0.25, 0.3) is 0 Å². The highest BCUT2D eigenvalue weighted by Crippen LogP contribution is 2.43. The number of hydrogen-bond donors (Lipinski definition) is 2. The summed E-state index contributed by atoms with van der Waals surface area (Å²) < 4.78 is 0. The predicted octanol–water partition coefficient (Wildman–Crippen LogP) is 2.45. The molecule has 1 atom stereocenters. The number of benzene rings is 1. The molecule has 1 spiro atoms. The molecule has 0 aliphatic carbocycles. The van der Waals surface area contributed by atoms with Gasteiger partial charge in [-0.1, -0.05) is 18.2 Å². The molecule has 0 radical (unpaired) electrons. The molecule has 1 saturated heterocycles. The van der Waals surface area contributed by atoms with Crippen molar-refractivity contribution in [3.05, 3.63) is 53.3 Å². The highest BCUT2D eigenvalue weighted by Gasteiger charge is 2.49. The van der Waals surface area contributed by atoms with Crippen molar-refractivity contribution in [3.63, 3.8) is 0 Å². The Bertz CT molecular complexity index is 795. The van der Waals surface area contributed by atoms with Crippen LogP contribution in [0.15, 0.2) is 36.5 Å². The summed E-state index contributed by atoms with van der Waals surface area (Å²) >= 11 is 0. The Kier molecular flexibility index (Phi) is 3.04. The summed E-state index contributed by atoms with van der Waals surface area (Å²) in [5.41, 5.74) is 2.91. The van der Waals surface area contributed by atoms with Crippen LogP contribution in [0.3, 0.4) is 0 Å². The number of carbonyl (C=O) groups is 2. The Morgan fingerprint density at radius 1 is 1.30 bits per heavy atom. The fraction of sp³-hybridized carbons (Fsp3) is 0.333. The monoisotopic (exact) mass is 309 g/mol. The minimum atomic E-state index is -0.605. The van der Waals surface area contributed by atoms with Crippen molar-refractivity contribution in [3.8, 4) is 0 Å². The van der Waals surface area contributed by atoms with Gasteiger partial charge in [-0.05, 0) is 43.0 Å². The van der Waals surface area contributed by atoms with Crippen molar-refractivity contribution in [2.75, 3.05) is 18.4 Å². The molecule has 1 unspecified atom stereocenters. The van der Waals surface area contributed by atoms with Gasteiger partial charge in [0, 0.05) is 25.0 Å². The van der Waals surface area contributed by atoms with Crippen LogP contribution in [0.4, 0.5) is 5.69 Å². The Balaban J connectivity index is 1.67. The number of fused-ring (bicyclic) bond motifs is 2. The molecule has 5 heteroatoms. The Morgan fingerprint density at radius 2 is 2.13 bits per heavy atom. The van der Waals surface area contributed by atoms with E-state index in [0.29, 0.717) is 18.8 Å². The Labute approximate surface area is 134 Å². The van der Waals surface area contributed by atoms with E-state index in [2.05, 4.69) is 10.3 Å². The molecule has 2 N–H and O–H groups in total. The Hall–Kier alpha value is -2.56. The van der Waals surface area contributed by atoms with E-state index in [1.807, 2.05) is 43.5 Å². The van der Waals surface area contributed by atoms with Crippen molar-refractivity contribution in [2.24, 2.45) is 0 Å². The van der Waals surface area contributed by atoms with Crippen molar-refractivity contribution >= 4 is 17.5 Å². The van der Waals surface area contributed by atoms with Gasteiger partial charge in [0.1, 0.15) is 5.69 Å². The fourth-order valence-corrected chi connectivity index (χ4v) is 3.80. The number of H-pyrrole nitrogens is 1. The van der Waals surface area contributed by atoms with E-state index >= 15 is 0 Å². The maximum absolute atomic E-state index is 12.7. The fourth-order valence-electron chi connectivity index (χ4n) is 3.80. The topological polar surface area (TPSA) is 65.2 Å². The van der Waals surface area contributed by atoms with E-state index < -0.39 is 5.41 Å². The van der Waals surface area contributed by atoms with Gasteiger partial charge in [-0.15, -0.1) is 0 Å². The lowest BCUT2D eigenvalue weighted by molar-refractivity contribution is -0.122. The number of rotatable bonds is 1. The van der Waals surface area contributed by atoms with Crippen LogP contribution in [0.2, 0.25) is 0 Å². The SMILES string of the molecule is Cc1c[nH]c(C(=O)N2CCCC3(C2)C(=O)Nc2ccccc23)c1. The molecule has 2 aromatic rings. The van der Waals surface area contributed by atoms with Crippen LogP contribution < -0.4 is 5.32 Å². The van der Waals surface area contributed by atoms with Gasteiger partial charge in [0.25, 0.3) is 5.91 Å². The summed E-state index contributed by atoms with van der Waals surface area (Å²) in [6.45, 7) is 3.08. The lowest BCUT2D eigenvalue weighted by Gasteiger charge is -2.38. The molecule has 2 aliphatic heterocycles. The summed E-state index contributed by atoms with van der Waals surface area (Å²) in [6.07, 6.45) is 3.43. The first-order chi connectivity index (χ1) is 11.1. The number of likely N-dealkylation sites (tertiary alicyclic amines) is 1. The second-order valence-electron chi connectivity index (χ2n) is 6.50. The minimum absolute atomic E-state index is 0.0128. The standard InChI is InChI=1S/C18H19N3O2/c1-12-9-15(19-10-12)16(22)21-8-4-7-18(11-21)13-5-2-3-6-14(13)20-17(18)23/h2-3,5-6,9-10,19H,4,7-8,11H2,1H3,(H,20,23). The van der Waals surface area contributed by atoms with Crippen molar-refractivity contribution in [1.29, 1.82) is 0 Å². The molecule has 0 bridgehead atoms. The zero-order chi connectivity index (χ0) is 16.0. The van der Waals surface area contributed by atoms with E-state index in [1.54, 1.807) is 4.90 Å². The normalized spacial score (nSPS) is 23.0. The smallest absolute Gasteiger partial charge is 0.270 e. The van der Waals surface area contributed by atoms with E-state index in [-0.39, 0.29) is 11.8 Å². The van der Waals surface area contributed by atoms with Gasteiger partial charge < -0.3 is 15.2 Å². The number of anilines is 1. The number of aryl methyl sites for hydroxylation is 1. The first-order valence-electron chi connectivity index (χ1n) is 7.95. The summed E-state index contributed by atoms with van der Waals surface area (Å²) in [5, 5.41) is 2.98. The molecule has 23 heavy (non-hydrogen) atoms. The number of nitrogens with one attached hydrogen (secondary N) is 2. The van der Waals surface area contributed by atoms with E-state index in [9.17, 15) is 9.59 Å². The highest BCUT2D eigenvalue weighted by molar-refractivity contribution is 6.07. The summed E-state index contributed by atoms with van der Waals surface area (Å²) in [5.74, 6) is -0.0202. The average molecular weight is 309 g/mol. The number of piperidine rings is 1. The molecule has 3 heterocycles. The highest BCUT2D eigenvalue weighted by atomic mass is 16.2. The zero-order valence-corrected chi connectivity index (χ0v) is 13.1. The van der Waals surface area contributed by atoms with Crippen LogP contribution in [-0.4, -0.2) is 34.8 Å². The summed E-state index contributed by atoms with van der Waals surface area (Å²) in [4.78, 5) is 30.2. The lowest BCUT2D eigenvalue weighted by Crippen LogP contribution is -2.51. The van der Waals surface area contributed by atoms with Gasteiger partial charge in [-0.3, -0.25) is 9.59 Å². The number of nitrogens with zero attached hydrogens (tertiary/aromatic N) is 1. The molecule has 1 aromatic heterocycles. The van der Waals surface area contributed by atoms with E-state index in [0.717, 1.165) is 29.7 Å². The molecule has 0 saturated carbocycles. The molecule has 4 rings (SSSR count). The molecule has 2 amide bonds. The third-order valence-electron chi connectivity index (χ3n) is 4.96. The van der Waals surface area contributed by atoms with E-state index in [1.165, 1.54) is 0 Å². The number of carbonyl (C=O) groups excluding carboxylic acids is 2. The molecule has 2 aliphatic rings. The predicted molar refractivity (Wildman–Crippen MR) is 87.4 cm³/mol. The molecular formula is C18H19N3O2. The maximum atomic E-state index is 12.7. The van der Waals surface area contributed by atoms with Gasteiger partial charge in [0.05, 0.1) is 5.41 Å². The first kappa shape index (κ1) is 14.1. The second-order valence-corrected chi connectivity index (χ2v) is 6.50.